The normalized spacial score (nSPS) is 14.5. The predicted octanol–water partition coefficient (Wildman–Crippen LogP) is 2.15. The first-order valence-electron chi connectivity index (χ1n) is 10.9. The molecule has 0 saturated carbocycles. The van der Waals surface area contributed by atoms with Crippen LogP contribution in [0.15, 0.2) is 48.5 Å². The smallest absolute Gasteiger partial charge is 0.275 e. The Morgan fingerprint density at radius 2 is 1.87 bits per heavy atom. The summed E-state index contributed by atoms with van der Waals surface area (Å²) in [5, 5.41) is 3.08. The molecule has 0 bridgehead atoms. The van der Waals surface area contributed by atoms with Gasteiger partial charge in [-0.25, -0.2) is 0 Å². The van der Waals surface area contributed by atoms with Gasteiger partial charge in [-0.1, -0.05) is 42.0 Å². The van der Waals surface area contributed by atoms with E-state index in [2.05, 4.69) is 53.5 Å². The molecule has 1 saturated heterocycles. The number of hydrogen-bond acceptors (Lipinski definition) is 4. The van der Waals surface area contributed by atoms with Gasteiger partial charge in [-0.05, 0) is 31.5 Å². The van der Waals surface area contributed by atoms with Crippen molar-refractivity contribution in [3.05, 3.63) is 59.7 Å². The molecular formula is C24H34N3O2S+. The number of nitrogens with one attached hydrogen (secondary N) is 2. The van der Waals surface area contributed by atoms with Crippen molar-refractivity contribution in [2.45, 2.75) is 19.6 Å². The molecule has 0 aliphatic carbocycles. The molecule has 3 rings (SSSR count). The summed E-state index contributed by atoms with van der Waals surface area (Å²) in [6, 6.07) is 16.9. The van der Waals surface area contributed by atoms with Gasteiger partial charge >= 0.3 is 0 Å². The molecule has 1 aliphatic rings. The summed E-state index contributed by atoms with van der Waals surface area (Å²) in [6.07, 6.45) is 0. The number of aryl methyl sites for hydroxylation is 1. The second kappa shape index (κ2) is 11.9. The number of rotatable bonds is 10. The number of amides is 1. The van der Waals surface area contributed by atoms with E-state index in [4.69, 9.17) is 4.74 Å². The van der Waals surface area contributed by atoms with Crippen molar-refractivity contribution in [1.82, 2.24) is 5.32 Å². The quantitative estimate of drug-likeness (QED) is 0.570. The fourth-order valence-electron chi connectivity index (χ4n) is 3.66. The van der Waals surface area contributed by atoms with Gasteiger partial charge < -0.3 is 19.9 Å². The van der Waals surface area contributed by atoms with Gasteiger partial charge in [-0.15, -0.1) is 0 Å². The van der Waals surface area contributed by atoms with E-state index in [-0.39, 0.29) is 5.91 Å². The molecule has 1 amide bonds. The second-order valence-corrected chi connectivity index (χ2v) is 8.81. The lowest BCUT2D eigenvalue weighted by atomic mass is 10.2. The number of benzene rings is 2. The lowest BCUT2D eigenvalue weighted by Crippen LogP contribution is -3.16. The van der Waals surface area contributed by atoms with Gasteiger partial charge in [0.2, 0.25) is 0 Å². The van der Waals surface area contributed by atoms with Gasteiger partial charge in [0, 0.05) is 18.1 Å². The Hall–Kier alpha value is -2.18. The zero-order valence-electron chi connectivity index (χ0n) is 18.2. The first kappa shape index (κ1) is 22.5. The Bertz CT molecular complexity index is 789. The van der Waals surface area contributed by atoms with Crippen molar-refractivity contribution in [1.29, 1.82) is 0 Å². The highest BCUT2D eigenvalue weighted by molar-refractivity contribution is 7.98. The zero-order valence-corrected chi connectivity index (χ0v) is 19.0. The molecule has 2 N–H and O–H groups in total. The number of quaternary nitrogens is 1. The van der Waals surface area contributed by atoms with Crippen molar-refractivity contribution in [3.63, 3.8) is 0 Å². The maximum atomic E-state index is 12.3. The molecule has 6 heteroatoms. The number of anilines is 1. The number of nitrogens with zero attached hydrogens (tertiary/aromatic N) is 1. The third-order valence-corrected chi connectivity index (χ3v) is 6.38. The fourth-order valence-corrected chi connectivity index (χ4v) is 4.48. The third kappa shape index (κ3) is 6.96. The number of para-hydroxylation sites is 2. The van der Waals surface area contributed by atoms with Crippen LogP contribution in [0.5, 0.6) is 5.75 Å². The monoisotopic (exact) mass is 428 g/mol. The lowest BCUT2D eigenvalue weighted by molar-refractivity contribution is -0.892. The first-order valence-corrected chi connectivity index (χ1v) is 12.0. The Balaban J connectivity index is 1.32. The average molecular weight is 429 g/mol. The topological polar surface area (TPSA) is 46.0 Å². The molecule has 30 heavy (non-hydrogen) atoms. The Morgan fingerprint density at radius 1 is 1.13 bits per heavy atom. The van der Waals surface area contributed by atoms with Crippen LogP contribution >= 0.6 is 11.8 Å². The molecule has 162 valence electrons. The largest absolute Gasteiger partial charge is 0.492 e. The zero-order chi connectivity index (χ0) is 21.2. The summed E-state index contributed by atoms with van der Waals surface area (Å²) in [6.45, 7) is 9.91. The Kier molecular flexibility index (Phi) is 8.90. The molecule has 1 fully saturated rings. The highest BCUT2D eigenvalue weighted by Crippen LogP contribution is 2.27. The summed E-state index contributed by atoms with van der Waals surface area (Å²) >= 11 is 1.86. The van der Waals surface area contributed by atoms with Crippen molar-refractivity contribution >= 4 is 23.4 Å². The third-order valence-electron chi connectivity index (χ3n) is 5.34. The SMILES string of the molecule is CCOc1ccccc1N1CC[NH+](CC(=O)NCCSCc2ccc(C)cc2)CC1. The fraction of sp³-hybridized carbons (Fsp3) is 0.458. The number of carbonyl (C=O) groups is 1. The number of hydrogen-bond donors (Lipinski definition) is 2. The number of ether oxygens (including phenoxy) is 1. The Labute approximate surface area is 184 Å². The minimum atomic E-state index is 0.157. The standard InChI is InChI=1S/C24H33N3O2S/c1-3-29-23-7-5-4-6-22(23)27-15-13-26(14-16-27)18-24(28)25-12-17-30-19-21-10-8-20(2)9-11-21/h4-11H,3,12-19H2,1-2H3,(H,25,28)/p+1. The number of thioether (sulfide) groups is 1. The molecule has 2 aromatic rings. The molecule has 2 aromatic carbocycles. The molecular weight excluding hydrogens is 394 g/mol. The second-order valence-electron chi connectivity index (χ2n) is 7.70. The molecule has 0 aromatic heterocycles. The average Bonchev–Trinajstić information content (AvgIpc) is 2.76. The van der Waals surface area contributed by atoms with Crippen molar-refractivity contribution in [3.8, 4) is 5.75 Å². The van der Waals surface area contributed by atoms with Crippen LogP contribution in [0.4, 0.5) is 5.69 Å². The van der Waals surface area contributed by atoms with Gasteiger partial charge in [-0.3, -0.25) is 4.79 Å². The predicted molar refractivity (Wildman–Crippen MR) is 126 cm³/mol. The first-order chi connectivity index (χ1) is 14.7. The maximum Gasteiger partial charge on any atom is 0.275 e. The number of piperazine rings is 1. The van der Waals surface area contributed by atoms with Crippen molar-refractivity contribution in [2.75, 3.05) is 56.5 Å². The highest BCUT2D eigenvalue weighted by atomic mass is 32.2. The van der Waals surface area contributed by atoms with Crippen LogP contribution in [0.1, 0.15) is 18.1 Å². The van der Waals surface area contributed by atoms with E-state index in [0.29, 0.717) is 13.2 Å². The molecule has 0 unspecified atom stereocenters. The van der Waals surface area contributed by atoms with Crippen LogP contribution in [-0.2, 0) is 10.5 Å². The molecule has 0 atom stereocenters. The van der Waals surface area contributed by atoms with E-state index in [9.17, 15) is 4.79 Å². The van der Waals surface area contributed by atoms with E-state index in [1.54, 1.807) is 0 Å². The Morgan fingerprint density at radius 3 is 2.60 bits per heavy atom. The summed E-state index contributed by atoms with van der Waals surface area (Å²) in [5.41, 5.74) is 3.79. The van der Waals surface area contributed by atoms with E-state index >= 15 is 0 Å². The molecule has 1 aliphatic heterocycles. The van der Waals surface area contributed by atoms with Gasteiger partial charge in [0.15, 0.2) is 6.54 Å². The summed E-state index contributed by atoms with van der Waals surface area (Å²) in [5.74, 6) is 3.04. The number of carbonyl (C=O) groups excluding carboxylic acids is 1. The molecule has 1 heterocycles. The molecule has 5 nitrogen and oxygen atoms in total. The minimum absolute atomic E-state index is 0.157. The van der Waals surface area contributed by atoms with Crippen LogP contribution in [0, 0.1) is 6.92 Å². The van der Waals surface area contributed by atoms with E-state index in [1.165, 1.54) is 16.0 Å². The van der Waals surface area contributed by atoms with Crippen LogP contribution in [0.2, 0.25) is 0 Å². The summed E-state index contributed by atoms with van der Waals surface area (Å²) in [4.78, 5) is 16.0. The van der Waals surface area contributed by atoms with Crippen molar-refractivity contribution in [2.24, 2.45) is 0 Å². The maximum absolute atomic E-state index is 12.3. The van der Waals surface area contributed by atoms with Crippen LogP contribution < -0.4 is 19.9 Å². The van der Waals surface area contributed by atoms with E-state index in [1.807, 2.05) is 30.8 Å². The van der Waals surface area contributed by atoms with Gasteiger partial charge in [-0.2, -0.15) is 11.8 Å². The highest BCUT2D eigenvalue weighted by Gasteiger charge is 2.23. The van der Waals surface area contributed by atoms with E-state index < -0.39 is 0 Å². The van der Waals surface area contributed by atoms with E-state index in [0.717, 1.165) is 55.7 Å². The van der Waals surface area contributed by atoms with Gasteiger partial charge in [0.05, 0.1) is 38.5 Å². The van der Waals surface area contributed by atoms with Crippen LogP contribution in [0.3, 0.4) is 0 Å². The van der Waals surface area contributed by atoms with Crippen molar-refractivity contribution < 1.29 is 14.4 Å². The van der Waals surface area contributed by atoms with Gasteiger partial charge in [0.25, 0.3) is 5.91 Å². The van der Waals surface area contributed by atoms with Gasteiger partial charge in [0.1, 0.15) is 5.75 Å². The molecule has 0 spiro atoms. The lowest BCUT2D eigenvalue weighted by Gasteiger charge is -2.34. The van der Waals surface area contributed by atoms with Crippen LogP contribution in [0.25, 0.3) is 0 Å². The minimum Gasteiger partial charge on any atom is -0.492 e. The van der Waals surface area contributed by atoms with Crippen LogP contribution in [-0.4, -0.2) is 57.5 Å². The summed E-state index contributed by atoms with van der Waals surface area (Å²) in [7, 11) is 0. The summed E-state index contributed by atoms with van der Waals surface area (Å²) < 4.78 is 5.76. The molecule has 0 radical (unpaired) electrons.